The summed E-state index contributed by atoms with van der Waals surface area (Å²) in [6.45, 7) is -0.428. The minimum atomic E-state index is -5.12. The highest BCUT2D eigenvalue weighted by atomic mass is 19.4. The number of hydrogen-bond acceptors (Lipinski definition) is 4. The SMILES string of the molecule is COCCCN(CC(=O)N(Cc1ccccc1)Cc1ccco1)C(=O)c1cc(C(F)(F)F)cc(C(F)(F)F)c1. The first-order valence-electron chi connectivity index (χ1n) is 11.8. The van der Waals surface area contributed by atoms with Crippen molar-refractivity contribution in [3.63, 3.8) is 0 Å². The van der Waals surface area contributed by atoms with Gasteiger partial charge in [-0.05, 0) is 42.3 Å². The molecule has 0 radical (unpaired) electrons. The van der Waals surface area contributed by atoms with Crippen molar-refractivity contribution < 1.29 is 45.1 Å². The number of amides is 2. The highest BCUT2D eigenvalue weighted by molar-refractivity contribution is 5.97. The second-order valence-corrected chi connectivity index (χ2v) is 8.68. The predicted octanol–water partition coefficient (Wildman–Crippen LogP) is 6.02. The molecule has 12 heteroatoms. The summed E-state index contributed by atoms with van der Waals surface area (Å²) in [5.74, 6) is -1.28. The van der Waals surface area contributed by atoms with Crippen molar-refractivity contribution in [1.29, 1.82) is 0 Å². The molecule has 1 aromatic heterocycles. The summed E-state index contributed by atoms with van der Waals surface area (Å²) >= 11 is 0. The van der Waals surface area contributed by atoms with Crippen molar-refractivity contribution in [2.24, 2.45) is 0 Å². The number of carbonyl (C=O) groups excluding carboxylic acids is 2. The van der Waals surface area contributed by atoms with Gasteiger partial charge in [0.05, 0.1) is 23.9 Å². The number of rotatable bonds is 11. The lowest BCUT2D eigenvalue weighted by molar-refractivity contribution is -0.143. The zero-order valence-corrected chi connectivity index (χ0v) is 20.9. The van der Waals surface area contributed by atoms with Gasteiger partial charge in [-0.15, -0.1) is 0 Å². The Morgan fingerprint density at radius 3 is 2.03 bits per heavy atom. The van der Waals surface area contributed by atoms with Crippen LogP contribution in [0.2, 0.25) is 0 Å². The first-order valence-corrected chi connectivity index (χ1v) is 11.8. The van der Waals surface area contributed by atoms with Crippen molar-refractivity contribution in [3.05, 3.63) is 94.9 Å². The zero-order chi connectivity index (χ0) is 28.6. The molecule has 3 aromatic rings. The van der Waals surface area contributed by atoms with Gasteiger partial charge in [0, 0.05) is 32.4 Å². The van der Waals surface area contributed by atoms with E-state index in [1.807, 2.05) is 0 Å². The number of methoxy groups -OCH3 is 1. The van der Waals surface area contributed by atoms with Crippen LogP contribution in [-0.4, -0.2) is 48.4 Å². The molecule has 3 rings (SSSR count). The third-order valence-corrected chi connectivity index (χ3v) is 5.72. The van der Waals surface area contributed by atoms with Gasteiger partial charge < -0.3 is 19.0 Å². The molecule has 39 heavy (non-hydrogen) atoms. The van der Waals surface area contributed by atoms with Crippen LogP contribution in [0, 0.1) is 0 Å². The van der Waals surface area contributed by atoms with E-state index >= 15 is 0 Å². The molecule has 2 amide bonds. The fourth-order valence-electron chi connectivity index (χ4n) is 3.80. The first-order chi connectivity index (χ1) is 18.4. The highest BCUT2D eigenvalue weighted by Gasteiger charge is 2.38. The monoisotopic (exact) mass is 556 g/mol. The van der Waals surface area contributed by atoms with Crippen LogP contribution in [-0.2, 0) is 35.0 Å². The molecule has 210 valence electrons. The summed E-state index contributed by atoms with van der Waals surface area (Å²) in [7, 11) is 1.39. The third-order valence-electron chi connectivity index (χ3n) is 5.72. The lowest BCUT2D eigenvalue weighted by Crippen LogP contribution is -2.43. The number of alkyl halides is 6. The van der Waals surface area contributed by atoms with E-state index in [1.54, 1.807) is 42.5 Å². The predicted molar refractivity (Wildman–Crippen MR) is 128 cm³/mol. The van der Waals surface area contributed by atoms with Crippen molar-refractivity contribution >= 4 is 11.8 Å². The smallest absolute Gasteiger partial charge is 0.416 e. The fourth-order valence-corrected chi connectivity index (χ4v) is 3.80. The second kappa shape index (κ2) is 12.8. The summed E-state index contributed by atoms with van der Waals surface area (Å²) in [6, 6.07) is 12.9. The molecule has 0 bridgehead atoms. The normalized spacial score (nSPS) is 11.9. The van der Waals surface area contributed by atoms with Gasteiger partial charge >= 0.3 is 12.4 Å². The Morgan fingerprint density at radius 2 is 1.49 bits per heavy atom. The van der Waals surface area contributed by atoms with Crippen LogP contribution in [0.1, 0.15) is 39.2 Å². The number of ether oxygens (including phenoxy) is 1. The molecule has 0 aliphatic heterocycles. The molecule has 6 nitrogen and oxygen atoms in total. The molecule has 2 aromatic carbocycles. The number of benzene rings is 2. The average molecular weight is 557 g/mol. The lowest BCUT2D eigenvalue weighted by atomic mass is 10.0. The number of carbonyl (C=O) groups is 2. The maximum absolute atomic E-state index is 13.4. The van der Waals surface area contributed by atoms with Crippen molar-refractivity contribution in [2.75, 3.05) is 26.8 Å². The van der Waals surface area contributed by atoms with Crippen molar-refractivity contribution in [3.8, 4) is 0 Å². The topological polar surface area (TPSA) is 63.0 Å². The molecule has 0 saturated carbocycles. The Morgan fingerprint density at radius 1 is 0.846 bits per heavy atom. The molecule has 0 atom stereocenters. The second-order valence-electron chi connectivity index (χ2n) is 8.68. The van der Waals surface area contributed by atoms with E-state index in [0.29, 0.717) is 17.9 Å². The first kappa shape index (κ1) is 29.8. The van der Waals surface area contributed by atoms with E-state index in [4.69, 9.17) is 9.15 Å². The molecule has 0 aliphatic rings. The average Bonchev–Trinajstić information content (AvgIpc) is 3.40. The minimum Gasteiger partial charge on any atom is -0.467 e. The van der Waals surface area contributed by atoms with Gasteiger partial charge in [0.25, 0.3) is 5.91 Å². The van der Waals surface area contributed by atoms with Gasteiger partial charge in [-0.2, -0.15) is 26.3 Å². The molecule has 0 saturated heterocycles. The summed E-state index contributed by atoms with van der Waals surface area (Å²) in [5.41, 5.74) is -3.30. The summed E-state index contributed by atoms with van der Waals surface area (Å²) in [5, 5.41) is 0. The minimum absolute atomic E-state index is 0.0304. The van der Waals surface area contributed by atoms with E-state index in [0.717, 1.165) is 10.5 Å². The largest absolute Gasteiger partial charge is 0.467 e. The molecule has 0 fully saturated rings. The summed E-state index contributed by atoms with van der Waals surface area (Å²) in [6.07, 6.45) is -8.63. The van der Waals surface area contributed by atoms with Gasteiger partial charge in [-0.25, -0.2) is 0 Å². The van der Waals surface area contributed by atoms with Crippen molar-refractivity contribution in [2.45, 2.75) is 31.9 Å². The van der Waals surface area contributed by atoms with E-state index in [1.165, 1.54) is 18.3 Å². The maximum atomic E-state index is 13.4. The zero-order valence-electron chi connectivity index (χ0n) is 20.9. The molecule has 0 unspecified atom stereocenters. The summed E-state index contributed by atoms with van der Waals surface area (Å²) < 4.78 is 90.5. The van der Waals surface area contributed by atoms with Crippen molar-refractivity contribution in [1.82, 2.24) is 9.80 Å². The Balaban J connectivity index is 1.93. The maximum Gasteiger partial charge on any atom is 0.416 e. The van der Waals surface area contributed by atoms with Gasteiger partial charge in [-0.3, -0.25) is 9.59 Å². The molecular weight excluding hydrogens is 530 g/mol. The number of nitrogens with zero attached hydrogens (tertiary/aromatic N) is 2. The van der Waals surface area contributed by atoms with Crippen LogP contribution in [0.3, 0.4) is 0 Å². The van der Waals surface area contributed by atoms with Crippen LogP contribution in [0.5, 0.6) is 0 Å². The van der Waals surface area contributed by atoms with Crippen LogP contribution in [0.25, 0.3) is 0 Å². The Hall–Kier alpha value is -3.80. The quantitative estimate of drug-likeness (QED) is 0.214. The third kappa shape index (κ3) is 8.60. The Kier molecular flexibility index (Phi) is 9.79. The highest BCUT2D eigenvalue weighted by Crippen LogP contribution is 2.36. The van der Waals surface area contributed by atoms with Gasteiger partial charge in [0.15, 0.2) is 0 Å². The standard InChI is InChI=1S/C27H26F6N2O4/c1-38-11-6-10-34(25(37)20-13-21(26(28,29)30)15-22(14-20)27(31,32)33)18-24(36)35(17-23-9-5-12-39-23)16-19-7-3-2-4-8-19/h2-5,7-9,12-15H,6,10-11,16-18H2,1H3. The Bertz CT molecular complexity index is 1200. The number of halogens is 6. The van der Waals surface area contributed by atoms with E-state index in [-0.39, 0.29) is 38.7 Å². The van der Waals surface area contributed by atoms with Gasteiger partial charge in [0.1, 0.15) is 12.3 Å². The number of furan rings is 1. The fraction of sp³-hybridized carbons (Fsp3) is 0.333. The van der Waals surface area contributed by atoms with Crippen LogP contribution >= 0.6 is 0 Å². The van der Waals surface area contributed by atoms with E-state index < -0.39 is 47.4 Å². The molecule has 0 N–H and O–H groups in total. The number of hydrogen-bond donors (Lipinski definition) is 0. The molecule has 0 spiro atoms. The summed E-state index contributed by atoms with van der Waals surface area (Å²) in [4.78, 5) is 29.0. The van der Waals surface area contributed by atoms with E-state index in [2.05, 4.69) is 0 Å². The van der Waals surface area contributed by atoms with Gasteiger partial charge in [-0.1, -0.05) is 30.3 Å². The van der Waals surface area contributed by atoms with Crippen LogP contribution in [0.4, 0.5) is 26.3 Å². The molecule has 1 heterocycles. The molecule has 0 aliphatic carbocycles. The molecular formula is C27H26F6N2O4. The lowest BCUT2D eigenvalue weighted by Gasteiger charge is -2.28. The van der Waals surface area contributed by atoms with Crippen LogP contribution in [0.15, 0.2) is 71.3 Å². The Labute approximate surface area is 220 Å². The van der Waals surface area contributed by atoms with E-state index in [9.17, 15) is 35.9 Å². The van der Waals surface area contributed by atoms with Crippen LogP contribution < -0.4 is 0 Å². The van der Waals surface area contributed by atoms with Gasteiger partial charge in [0.2, 0.25) is 5.91 Å².